The first-order chi connectivity index (χ1) is 20.9. The van der Waals surface area contributed by atoms with E-state index in [1.807, 2.05) is 24.5 Å². The van der Waals surface area contributed by atoms with Gasteiger partial charge in [0, 0.05) is 59.2 Å². The molecule has 0 aliphatic carbocycles. The first-order valence-corrected chi connectivity index (χ1v) is 14.3. The molecule has 236 valence electrons. The molecule has 0 atom stereocenters. The number of aryl methyl sites for hydroxylation is 4. The molecule has 10 heteroatoms. The smallest absolute Gasteiger partial charge is 0.254 e. The Kier molecular flexibility index (Phi) is 10.3. The normalized spacial score (nSPS) is 11.9. The van der Waals surface area contributed by atoms with E-state index in [1.54, 1.807) is 24.3 Å². The molecule has 0 N–H and O–H groups in total. The van der Waals surface area contributed by atoms with Gasteiger partial charge >= 0.3 is 12.4 Å². The summed E-state index contributed by atoms with van der Waals surface area (Å²) >= 11 is 0. The Labute approximate surface area is 257 Å². The molecule has 6 rings (SSSR count). The fourth-order valence-corrected chi connectivity index (χ4v) is 5.44. The lowest BCUT2D eigenvalue weighted by molar-refractivity contribution is -0.136. The molecule has 4 aromatic heterocycles. The first kappa shape index (κ1) is 33.6. The lowest BCUT2D eigenvalue weighted by atomic mass is 9.98. The van der Waals surface area contributed by atoms with Crippen LogP contribution in [0.25, 0.3) is 43.6 Å². The number of hydrogen-bond acceptors (Lipinski definition) is 4. The molecular weight excluding hydrogens is 590 g/mol. The third-order valence-corrected chi connectivity index (χ3v) is 7.67. The minimum atomic E-state index is -4.19. The van der Waals surface area contributed by atoms with Crippen LogP contribution in [0.4, 0.5) is 26.3 Å². The molecular formula is C35H34F6N4. The van der Waals surface area contributed by atoms with E-state index in [0.29, 0.717) is 11.0 Å². The molecule has 0 aliphatic heterocycles. The van der Waals surface area contributed by atoms with Crippen LogP contribution >= 0.6 is 0 Å². The van der Waals surface area contributed by atoms with Crippen LogP contribution in [0.3, 0.4) is 0 Å². The van der Waals surface area contributed by atoms with Crippen molar-refractivity contribution >= 4 is 43.6 Å². The number of nitrogens with zero attached hydrogens (tertiary/aromatic N) is 4. The number of benzene rings is 2. The quantitative estimate of drug-likeness (QED) is 0.137. The topological polar surface area (TPSA) is 51.6 Å². The van der Waals surface area contributed by atoms with Crippen molar-refractivity contribution in [2.75, 3.05) is 0 Å². The summed E-state index contributed by atoms with van der Waals surface area (Å²) in [5.41, 5.74) is 7.10. The second-order valence-electron chi connectivity index (χ2n) is 10.8. The zero-order valence-electron chi connectivity index (χ0n) is 24.2. The third-order valence-electron chi connectivity index (χ3n) is 7.67. The van der Waals surface area contributed by atoms with Crippen LogP contribution in [0, 0.1) is 13.8 Å². The van der Waals surface area contributed by atoms with Crippen LogP contribution in [0.1, 0.15) is 55.4 Å². The second-order valence-corrected chi connectivity index (χ2v) is 10.8. The Morgan fingerprint density at radius 3 is 1.13 bits per heavy atom. The van der Waals surface area contributed by atoms with Crippen LogP contribution in [0.5, 0.6) is 0 Å². The van der Waals surface area contributed by atoms with E-state index < -0.39 is 25.2 Å². The molecule has 4 nitrogen and oxygen atoms in total. The van der Waals surface area contributed by atoms with Crippen molar-refractivity contribution in [3.8, 4) is 0 Å². The van der Waals surface area contributed by atoms with Crippen molar-refractivity contribution in [1.82, 2.24) is 19.9 Å². The molecule has 2 aromatic carbocycles. The molecule has 0 radical (unpaired) electrons. The van der Waals surface area contributed by atoms with E-state index in [0.717, 1.165) is 32.9 Å². The van der Waals surface area contributed by atoms with Gasteiger partial charge in [0.25, 0.3) is 0 Å². The van der Waals surface area contributed by atoms with Gasteiger partial charge in [-0.3, -0.25) is 19.9 Å². The number of rotatable bonds is 6. The van der Waals surface area contributed by atoms with Gasteiger partial charge in [-0.05, 0) is 86.1 Å². The van der Waals surface area contributed by atoms with Crippen molar-refractivity contribution in [2.24, 2.45) is 0 Å². The highest BCUT2D eigenvalue weighted by atomic mass is 19.4. The Bertz CT molecular complexity index is 1790. The van der Waals surface area contributed by atoms with Crippen LogP contribution < -0.4 is 0 Å². The van der Waals surface area contributed by atoms with Gasteiger partial charge in [-0.1, -0.05) is 31.7 Å². The average Bonchev–Trinajstić information content (AvgIpc) is 2.97. The summed E-state index contributed by atoms with van der Waals surface area (Å²) in [6.45, 7) is 4.21. The number of halogens is 6. The van der Waals surface area contributed by atoms with Gasteiger partial charge in [-0.2, -0.15) is 26.3 Å². The van der Waals surface area contributed by atoms with E-state index in [-0.39, 0.29) is 33.1 Å². The van der Waals surface area contributed by atoms with Gasteiger partial charge in [0.1, 0.15) is 0 Å². The monoisotopic (exact) mass is 624 g/mol. The second kappa shape index (κ2) is 13.7. The fourth-order valence-electron chi connectivity index (χ4n) is 5.44. The number of fused-ring (bicyclic) bond motifs is 6. The molecule has 0 aliphatic rings. The number of alkyl halides is 6. The SMILES string of the molecule is C.Cc1ccnc2c1ccc1c(C)ccnc12.FC(F)(F)CCCc1ccnc2c1ccc1c(CCCC(F)(F)F)ccnc12. The predicted molar refractivity (Wildman–Crippen MR) is 168 cm³/mol. The van der Waals surface area contributed by atoms with E-state index in [1.165, 1.54) is 34.3 Å². The molecule has 0 fully saturated rings. The number of aromatic nitrogens is 4. The molecule has 0 unspecified atom stereocenters. The van der Waals surface area contributed by atoms with Gasteiger partial charge in [0.05, 0.1) is 22.1 Å². The standard InChI is InChI=1S/C20H18F6N2.C14H12N2.CH4/c21-19(22,23)9-1-3-13-7-11-27-17-15(13)5-6-16-14(8-12-28-18(16)17)4-2-10-20(24,25)26;1-9-5-7-15-13-11(9)3-4-12-10(2)6-8-16-14(12)13;/h5-8,11-12H,1-4,9-10H2;3-8H,1-2H3;1H4. The van der Waals surface area contributed by atoms with Gasteiger partial charge in [-0.25, -0.2) is 0 Å². The summed E-state index contributed by atoms with van der Waals surface area (Å²) in [4.78, 5) is 17.5. The van der Waals surface area contributed by atoms with Gasteiger partial charge in [0.15, 0.2) is 0 Å². The van der Waals surface area contributed by atoms with Crippen LogP contribution in [0.2, 0.25) is 0 Å². The molecule has 0 saturated heterocycles. The molecule has 45 heavy (non-hydrogen) atoms. The van der Waals surface area contributed by atoms with Crippen LogP contribution in [-0.2, 0) is 12.8 Å². The zero-order chi connectivity index (χ0) is 31.5. The van der Waals surface area contributed by atoms with Crippen molar-refractivity contribution < 1.29 is 26.3 Å². The van der Waals surface area contributed by atoms with Gasteiger partial charge in [-0.15, -0.1) is 0 Å². The van der Waals surface area contributed by atoms with Crippen molar-refractivity contribution in [3.63, 3.8) is 0 Å². The summed E-state index contributed by atoms with van der Waals surface area (Å²) in [5, 5.41) is 3.82. The summed E-state index contributed by atoms with van der Waals surface area (Å²) in [5.74, 6) is 0. The Morgan fingerprint density at radius 2 is 0.778 bits per heavy atom. The summed E-state index contributed by atoms with van der Waals surface area (Å²) in [6.07, 6.45) is -2.86. The Morgan fingerprint density at radius 1 is 0.467 bits per heavy atom. The fraction of sp³-hybridized carbons (Fsp3) is 0.314. The highest BCUT2D eigenvalue weighted by Gasteiger charge is 2.27. The minimum Gasteiger partial charge on any atom is -0.254 e. The lowest BCUT2D eigenvalue weighted by Crippen LogP contribution is -2.07. The largest absolute Gasteiger partial charge is 0.389 e. The molecule has 0 bridgehead atoms. The van der Waals surface area contributed by atoms with Gasteiger partial charge in [0.2, 0.25) is 0 Å². The lowest BCUT2D eigenvalue weighted by Gasteiger charge is -2.12. The predicted octanol–water partition coefficient (Wildman–Crippen LogP) is 10.6. The summed E-state index contributed by atoms with van der Waals surface area (Å²) in [6, 6.07) is 15.2. The van der Waals surface area contributed by atoms with Crippen LogP contribution in [-0.4, -0.2) is 32.3 Å². The van der Waals surface area contributed by atoms with E-state index in [9.17, 15) is 26.3 Å². The minimum absolute atomic E-state index is 0. The molecule has 0 amide bonds. The molecule has 0 spiro atoms. The van der Waals surface area contributed by atoms with Crippen molar-refractivity contribution in [1.29, 1.82) is 0 Å². The number of hydrogen-bond donors (Lipinski definition) is 0. The van der Waals surface area contributed by atoms with Crippen LogP contribution in [0.15, 0.2) is 73.3 Å². The van der Waals surface area contributed by atoms with E-state index in [2.05, 4.69) is 45.9 Å². The third kappa shape index (κ3) is 8.04. The maximum Gasteiger partial charge on any atom is 0.389 e. The zero-order valence-corrected chi connectivity index (χ0v) is 24.2. The van der Waals surface area contributed by atoms with E-state index in [4.69, 9.17) is 0 Å². The van der Waals surface area contributed by atoms with Gasteiger partial charge < -0.3 is 0 Å². The molecule has 0 saturated carbocycles. The first-order valence-electron chi connectivity index (χ1n) is 14.3. The van der Waals surface area contributed by atoms with Crippen molar-refractivity contribution in [2.45, 2.75) is 72.2 Å². The summed E-state index contributed by atoms with van der Waals surface area (Å²) in [7, 11) is 0. The Hall–Kier alpha value is -4.34. The number of pyridine rings is 4. The summed E-state index contributed by atoms with van der Waals surface area (Å²) < 4.78 is 74.4. The average molecular weight is 625 g/mol. The Balaban J connectivity index is 0.000000229. The highest BCUT2D eigenvalue weighted by molar-refractivity contribution is 6.05. The maximum atomic E-state index is 12.4. The highest BCUT2D eigenvalue weighted by Crippen LogP contribution is 2.31. The van der Waals surface area contributed by atoms with E-state index >= 15 is 0 Å². The molecule has 6 aromatic rings. The maximum absolute atomic E-state index is 12.4. The molecule has 4 heterocycles. The van der Waals surface area contributed by atoms with Crippen molar-refractivity contribution in [3.05, 3.63) is 95.6 Å².